The smallest absolute Gasteiger partial charge is 0.0954 e. The van der Waals surface area contributed by atoms with Gasteiger partial charge in [0.25, 0.3) is 0 Å². The van der Waals surface area contributed by atoms with Gasteiger partial charge in [0, 0.05) is 43.5 Å². The zero-order valence-corrected chi connectivity index (χ0v) is 13.3. The molecule has 1 atom stereocenters. The summed E-state index contributed by atoms with van der Waals surface area (Å²) in [6, 6.07) is 0.855. The van der Waals surface area contributed by atoms with Gasteiger partial charge in [0.15, 0.2) is 0 Å². The second-order valence-electron chi connectivity index (χ2n) is 6.18. The molecule has 2 heterocycles. The molecule has 20 heavy (non-hydrogen) atoms. The molecule has 1 N–H and O–H groups in total. The van der Waals surface area contributed by atoms with Crippen molar-refractivity contribution in [2.75, 3.05) is 26.2 Å². The lowest BCUT2D eigenvalue weighted by Gasteiger charge is -2.33. The van der Waals surface area contributed by atoms with Crippen molar-refractivity contribution in [1.82, 2.24) is 15.2 Å². The van der Waals surface area contributed by atoms with Gasteiger partial charge in [-0.3, -0.25) is 4.90 Å². The fraction of sp³-hybridized carbons (Fsp3) is 0.800. The number of hydrogen-bond acceptors (Lipinski definition) is 5. The van der Waals surface area contributed by atoms with E-state index in [1.807, 2.05) is 0 Å². The van der Waals surface area contributed by atoms with Gasteiger partial charge < -0.3 is 10.1 Å². The highest BCUT2D eigenvalue weighted by atomic mass is 32.1. The van der Waals surface area contributed by atoms with Gasteiger partial charge in [-0.25, -0.2) is 4.98 Å². The van der Waals surface area contributed by atoms with Crippen molar-refractivity contribution in [3.63, 3.8) is 0 Å². The van der Waals surface area contributed by atoms with Crippen LogP contribution in [0.5, 0.6) is 0 Å². The van der Waals surface area contributed by atoms with Crippen molar-refractivity contribution >= 4 is 11.3 Å². The third-order valence-corrected chi connectivity index (χ3v) is 5.17. The van der Waals surface area contributed by atoms with Crippen molar-refractivity contribution in [3.05, 3.63) is 16.1 Å². The summed E-state index contributed by atoms with van der Waals surface area (Å²) in [5.41, 5.74) is 1.16. The largest absolute Gasteiger partial charge is 0.374 e. The summed E-state index contributed by atoms with van der Waals surface area (Å²) in [5, 5.41) is 6.90. The minimum atomic E-state index is 0.340. The summed E-state index contributed by atoms with van der Waals surface area (Å²) in [5.74, 6) is 0.530. The van der Waals surface area contributed by atoms with Crippen LogP contribution in [0.1, 0.15) is 43.3 Å². The quantitative estimate of drug-likeness (QED) is 0.873. The third-order valence-electron chi connectivity index (χ3n) is 3.98. The molecular weight excluding hydrogens is 270 g/mol. The molecule has 1 saturated carbocycles. The third kappa shape index (κ3) is 3.79. The molecule has 5 heteroatoms. The number of ether oxygens (including phenoxy) is 1. The zero-order valence-electron chi connectivity index (χ0n) is 12.5. The molecule has 1 aromatic heterocycles. The molecule has 1 unspecified atom stereocenters. The van der Waals surface area contributed by atoms with E-state index in [0.29, 0.717) is 12.0 Å². The van der Waals surface area contributed by atoms with Crippen LogP contribution in [0.15, 0.2) is 5.38 Å². The number of aromatic nitrogens is 1. The molecular formula is C15H25N3OS. The van der Waals surface area contributed by atoms with E-state index in [2.05, 4.69) is 34.4 Å². The van der Waals surface area contributed by atoms with E-state index >= 15 is 0 Å². The van der Waals surface area contributed by atoms with Crippen LogP contribution in [0.4, 0.5) is 0 Å². The van der Waals surface area contributed by atoms with Crippen LogP contribution in [0.3, 0.4) is 0 Å². The molecule has 0 spiro atoms. The molecule has 112 valence electrons. The zero-order chi connectivity index (χ0) is 13.9. The molecule has 1 aliphatic carbocycles. The highest BCUT2D eigenvalue weighted by molar-refractivity contribution is 7.09. The van der Waals surface area contributed by atoms with Gasteiger partial charge in [0.1, 0.15) is 0 Å². The Labute approximate surface area is 125 Å². The van der Waals surface area contributed by atoms with Crippen molar-refractivity contribution < 1.29 is 4.74 Å². The van der Waals surface area contributed by atoms with Gasteiger partial charge in [0.05, 0.1) is 23.4 Å². The molecule has 2 aliphatic rings. The van der Waals surface area contributed by atoms with E-state index in [0.717, 1.165) is 44.5 Å². The summed E-state index contributed by atoms with van der Waals surface area (Å²) in [7, 11) is 0. The van der Waals surface area contributed by atoms with Crippen LogP contribution in [0.25, 0.3) is 0 Å². The maximum atomic E-state index is 5.85. The van der Waals surface area contributed by atoms with Crippen LogP contribution in [-0.2, 0) is 11.3 Å². The van der Waals surface area contributed by atoms with E-state index in [9.17, 15) is 0 Å². The first-order valence-corrected chi connectivity index (χ1v) is 8.61. The normalized spacial score (nSPS) is 24.4. The van der Waals surface area contributed by atoms with Crippen molar-refractivity contribution in [1.29, 1.82) is 0 Å². The van der Waals surface area contributed by atoms with E-state index in [1.54, 1.807) is 11.3 Å². The molecule has 2 fully saturated rings. The Hall–Kier alpha value is -0.490. The van der Waals surface area contributed by atoms with Crippen LogP contribution >= 0.6 is 11.3 Å². The lowest BCUT2D eigenvalue weighted by molar-refractivity contribution is -0.0301. The van der Waals surface area contributed by atoms with Crippen molar-refractivity contribution in [2.45, 2.75) is 51.3 Å². The maximum Gasteiger partial charge on any atom is 0.0954 e. The summed E-state index contributed by atoms with van der Waals surface area (Å²) in [6.07, 6.45) is 3.11. The predicted molar refractivity (Wildman–Crippen MR) is 82.2 cm³/mol. The van der Waals surface area contributed by atoms with Crippen molar-refractivity contribution in [3.8, 4) is 0 Å². The van der Waals surface area contributed by atoms with Crippen LogP contribution in [0, 0.1) is 0 Å². The summed E-state index contributed by atoms with van der Waals surface area (Å²) < 4.78 is 5.85. The molecule has 4 nitrogen and oxygen atoms in total. The average Bonchev–Trinajstić information content (AvgIpc) is 3.18. The molecule has 1 aromatic rings. The lowest BCUT2D eigenvalue weighted by Crippen LogP contribution is -2.47. The molecule has 0 amide bonds. The monoisotopic (exact) mass is 295 g/mol. The second-order valence-corrected chi connectivity index (χ2v) is 7.07. The minimum Gasteiger partial charge on any atom is -0.374 e. The molecule has 3 rings (SSSR count). The van der Waals surface area contributed by atoms with Gasteiger partial charge in [-0.2, -0.15) is 0 Å². The fourth-order valence-electron chi connectivity index (χ4n) is 2.67. The van der Waals surface area contributed by atoms with E-state index < -0.39 is 0 Å². The maximum absolute atomic E-state index is 5.85. The summed E-state index contributed by atoms with van der Waals surface area (Å²) in [4.78, 5) is 7.24. The molecule has 0 radical (unpaired) electrons. The second kappa shape index (κ2) is 6.52. The van der Waals surface area contributed by atoms with Gasteiger partial charge in [-0.15, -0.1) is 11.3 Å². The standard InChI is InChI=1S/C15H25N3OS/c1-11(2)15-17-12(10-20-15)7-16-8-14-9-18(5-6-19-14)13-3-4-13/h10-11,13-14,16H,3-9H2,1-2H3. The summed E-state index contributed by atoms with van der Waals surface area (Å²) in [6.45, 7) is 9.26. The van der Waals surface area contributed by atoms with Gasteiger partial charge >= 0.3 is 0 Å². The van der Waals surface area contributed by atoms with E-state index in [1.165, 1.54) is 17.8 Å². The first-order valence-electron chi connectivity index (χ1n) is 7.73. The van der Waals surface area contributed by atoms with Gasteiger partial charge in [0.2, 0.25) is 0 Å². The Bertz CT molecular complexity index is 431. The Kier molecular flexibility index (Phi) is 4.71. The SMILES string of the molecule is CC(C)c1nc(CNCC2CN(C3CC3)CCO2)cs1. The topological polar surface area (TPSA) is 37.4 Å². The van der Waals surface area contributed by atoms with Crippen LogP contribution in [0.2, 0.25) is 0 Å². The first-order chi connectivity index (χ1) is 9.72. The Balaban J connectivity index is 1.40. The van der Waals surface area contributed by atoms with Gasteiger partial charge in [-0.1, -0.05) is 13.8 Å². The van der Waals surface area contributed by atoms with E-state index in [-0.39, 0.29) is 0 Å². The van der Waals surface area contributed by atoms with Crippen molar-refractivity contribution in [2.24, 2.45) is 0 Å². The minimum absolute atomic E-state index is 0.340. The highest BCUT2D eigenvalue weighted by Crippen LogP contribution is 2.28. The first kappa shape index (κ1) is 14.4. The predicted octanol–water partition coefficient (Wildman–Crippen LogP) is 2.22. The Morgan fingerprint density at radius 3 is 3.05 bits per heavy atom. The summed E-state index contributed by atoms with van der Waals surface area (Å²) >= 11 is 1.77. The number of thiazole rings is 1. The number of nitrogens with zero attached hydrogens (tertiary/aromatic N) is 2. The molecule has 1 aliphatic heterocycles. The lowest BCUT2D eigenvalue weighted by atomic mass is 10.2. The number of nitrogens with one attached hydrogen (secondary N) is 1. The van der Waals surface area contributed by atoms with E-state index in [4.69, 9.17) is 4.74 Å². The van der Waals surface area contributed by atoms with Crippen LogP contribution < -0.4 is 5.32 Å². The highest BCUT2D eigenvalue weighted by Gasteiger charge is 2.32. The average molecular weight is 295 g/mol. The van der Waals surface area contributed by atoms with Gasteiger partial charge in [-0.05, 0) is 12.8 Å². The molecule has 1 saturated heterocycles. The number of morpholine rings is 1. The Morgan fingerprint density at radius 1 is 1.50 bits per heavy atom. The van der Waals surface area contributed by atoms with Crippen LogP contribution in [-0.4, -0.2) is 48.3 Å². The molecule has 0 aromatic carbocycles. The number of hydrogen-bond donors (Lipinski definition) is 1. The number of rotatable bonds is 6. The molecule has 0 bridgehead atoms. The fourth-order valence-corrected chi connectivity index (χ4v) is 3.50. The Morgan fingerprint density at radius 2 is 2.35 bits per heavy atom.